The summed E-state index contributed by atoms with van der Waals surface area (Å²) < 4.78 is 8.63. The van der Waals surface area contributed by atoms with E-state index in [0.717, 1.165) is 84.1 Å². The smallest absolute Gasteiger partial charge is 0.303 e. The Hall–Kier alpha value is -2.95. The molecule has 4 rings (SSSR count). The molecule has 7 nitrogen and oxygen atoms in total. The fourth-order valence-electron chi connectivity index (χ4n) is 4.68. The van der Waals surface area contributed by atoms with Gasteiger partial charge in [-0.05, 0) is 65.2 Å². The molecule has 0 spiro atoms. The van der Waals surface area contributed by atoms with Gasteiger partial charge in [-0.3, -0.25) is 14.5 Å². The number of amides is 1. The fourth-order valence-corrected chi connectivity index (χ4v) is 6.52. The van der Waals surface area contributed by atoms with E-state index in [0.29, 0.717) is 15.8 Å². The van der Waals surface area contributed by atoms with Crippen LogP contribution in [-0.4, -0.2) is 49.6 Å². The van der Waals surface area contributed by atoms with E-state index in [1.54, 1.807) is 12.0 Å². The van der Waals surface area contributed by atoms with Gasteiger partial charge >= 0.3 is 5.97 Å². The second-order valence-electron chi connectivity index (χ2n) is 9.87. The maximum absolute atomic E-state index is 13.4. The van der Waals surface area contributed by atoms with Gasteiger partial charge in [-0.15, -0.1) is 0 Å². The van der Waals surface area contributed by atoms with Crippen molar-refractivity contribution in [3.8, 4) is 22.7 Å². The van der Waals surface area contributed by atoms with Crippen LogP contribution < -0.4 is 4.74 Å². The van der Waals surface area contributed by atoms with Gasteiger partial charge in [0, 0.05) is 30.3 Å². The third-order valence-electron chi connectivity index (χ3n) is 6.87. The van der Waals surface area contributed by atoms with Crippen LogP contribution in [0, 0.1) is 0 Å². The second-order valence-corrected chi connectivity index (χ2v) is 12.4. The molecule has 41 heavy (non-hydrogen) atoms. The molecular formula is C31H34BrN3O4S2. The minimum absolute atomic E-state index is 0.0623. The largest absolute Gasteiger partial charge is 0.496 e. The van der Waals surface area contributed by atoms with Gasteiger partial charge in [0.15, 0.2) is 0 Å². The number of hydrogen-bond acceptors (Lipinski definition) is 6. The molecule has 10 heteroatoms. The Bertz CT molecular complexity index is 1410. The van der Waals surface area contributed by atoms with Crippen molar-refractivity contribution in [1.82, 2.24) is 14.7 Å². The minimum Gasteiger partial charge on any atom is -0.496 e. The highest BCUT2D eigenvalue weighted by Crippen LogP contribution is 2.36. The molecule has 0 radical (unpaired) electrons. The van der Waals surface area contributed by atoms with Crippen molar-refractivity contribution in [2.45, 2.75) is 57.8 Å². The van der Waals surface area contributed by atoms with Crippen LogP contribution in [0.3, 0.4) is 0 Å². The molecule has 1 aliphatic heterocycles. The summed E-state index contributed by atoms with van der Waals surface area (Å²) in [5.74, 6) is -0.0501. The van der Waals surface area contributed by atoms with Crippen LogP contribution in [0.1, 0.15) is 63.4 Å². The number of carbonyl (C=O) groups is 2. The number of rotatable bonds is 15. The molecule has 0 aliphatic carbocycles. The van der Waals surface area contributed by atoms with E-state index >= 15 is 0 Å². The fraction of sp³-hybridized carbons (Fsp3) is 0.355. The molecule has 1 saturated heterocycles. The average Bonchev–Trinajstić information content (AvgIpc) is 3.50. The number of thioether (sulfide) groups is 1. The molecule has 1 aliphatic rings. The van der Waals surface area contributed by atoms with Crippen LogP contribution in [0.15, 0.2) is 64.1 Å². The van der Waals surface area contributed by atoms with Crippen LogP contribution >= 0.6 is 39.9 Å². The molecular weight excluding hydrogens is 622 g/mol. The molecule has 1 aromatic heterocycles. The zero-order valence-corrected chi connectivity index (χ0v) is 26.3. The number of carboxylic acids is 1. The number of aliphatic carboxylic acids is 1. The van der Waals surface area contributed by atoms with Crippen molar-refractivity contribution in [3.63, 3.8) is 0 Å². The van der Waals surface area contributed by atoms with E-state index in [2.05, 4.69) is 15.9 Å². The lowest BCUT2D eigenvalue weighted by Gasteiger charge is -2.14. The lowest BCUT2D eigenvalue weighted by Crippen LogP contribution is -2.29. The van der Waals surface area contributed by atoms with Gasteiger partial charge in [0.1, 0.15) is 15.8 Å². The summed E-state index contributed by atoms with van der Waals surface area (Å²) in [6.45, 7) is 0.613. The summed E-state index contributed by atoms with van der Waals surface area (Å²) in [5, 5.41) is 13.6. The third kappa shape index (κ3) is 8.53. The van der Waals surface area contributed by atoms with Crippen molar-refractivity contribution in [2.24, 2.45) is 0 Å². The first-order valence-corrected chi connectivity index (χ1v) is 15.9. The molecule has 0 unspecified atom stereocenters. The predicted octanol–water partition coefficient (Wildman–Crippen LogP) is 8.11. The number of thiocarbonyl (C=S) groups is 1. The van der Waals surface area contributed by atoms with Crippen molar-refractivity contribution in [3.05, 3.63) is 69.7 Å². The third-order valence-corrected chi connectivity index (χ3v) is 8.87. The second kappa shape index (κ2) is 15.3. The topological polar surface area (TPSA) is 84.7 Å². The summed E-state index contributed by atoms with van der Waals surface area (Å²) >= 11 is 10.5. The monoisotopic (exact) mass is 655 g/mol. The molecule has 2 aromatic carbocycles. The van der Waals surface area contributed by atoms with Gasteiger partial charge in [0.05, 0.1) is 22.2 Å². The number of hydrogen-bond donors (Lipinski definition) is 1. The number of carbonyl (C=O) groups excluding carboxylic acids is 1. The number of para-hydroxylation sites is 1. The highest BCUT2D eigenvalue weighted by atomic mass is 79.9. The molecule has 2 heterocycles. The first-order chi connectivity index (χ1) is 19.9. The maximum atomic E-state index is 13.4. The first kappa shape index (κ1) is 31.0. The zero-order valence-electron chi connectivity index (χ0n) is 23.1. The quantitative estimate of drug-likeness (QED) is 0.101. The van der Waals surface area contributed by atoms with E-state index in [4.69, 9.17) is 27.2 Å². The number of ether oxygens (including phenoxy) is 1. The Kier molecular flexibility index (Phi) is 11.6. The molecule has 0 saturated carbocycles. The van der Waals surface area contributed by atoms with Crippen molar-refractivity contribution < 1.29 is 19.4 Å². The lowest BCUT2D eigenvalue weighted by atomic mass is 10.1. The zero-order chi connectivity index (χ0) is 29.2. The molecule has 3 aromatic rings. The number of nitrogens with zero attached hydrogens (tertiary/aromatic N) is 3. The Labute approximate surface area is 259 Å². The summed E-state index contributed by atoms with van der Waals surface area (Å²) in [4.78, 5) is 26.2. The molecule has 1 fully saturated rings. The van der Waals surface area contributed by atoms with E-state index in [1.165, 1.54) is 11.8 Å². The van der Waals surface area contributed by atoms with E-state index in [-0.39, 0.29) is 12.3 Å². The molecule has 1 N–H and O–H groups in total. The van der Waals surface area contributed by atoms with E-state index < -0.39 is 5.97 Å². The van der Waals surface area contributed by atoms with Crippen LogP contribution in [0.25, 0.3) is 23.0 Å². The normalized spacial score (nSPS) is 14.3. The number of benzene rings is 2. The van der Waals surface area contributed by atoms with Crippen LogP contribution in [-0.2, 0) is 9.59 Å². The number of carboxylic acid groups (broad SMARTS) is 1. The minimum atomic E-state index is -0.719. The molecule has 0 atom stereocenters. The standard InChI is InChI=1S/C31H34BrN3O4S2/c1-39-26-17-16-22(19-25(26)32)29-23(21-35(33-29)24-13-9-8-10-14-24)20-27-30(38)34(31(40)41-27)18-12-7-5-3-2-4-6-11-15-28(36)37/h8-10,13-14,16-17,19-21H,2-7,11-12,15,18H2,1H3,(H,36,37). The lowest BCUT2D eigenvalue weighted by molar-refractivity contribution is -0.137. The van der Waals surface area contributed by atoms with Crippen LogP contribution in [0.2, 0.25) is 0 Å². The Balaban J connectivity index is 1.41. The molecule has 216 valence electrons. The number of methoxy groups -OCH3 is 1. The Morgan fingerprint density at radius 3 is 2.39 bits per heavy atom. The number of unbranched alkanes of at least 4 members (excludes halogenated alkanes) is 7. The summed E-state index contributed by atoms with van der Waals surface area (Å²) in [6, 6.07) is 15.7. The highest BCUT2D eigenvalue weighted by molar-refractivity contribution is 9.10. The first-order valence-electron chi connectivity index (χ1n) is 13.8. The van der Waals surface area contributed by atoms with Gasteiger partial charge in [0.2, 0.25) is 0 Å². The summed E-state index contributed by atoms with van der Waals surface area (Å²) in [5.41, 5.74) is 3.41. The van der Waals surface area contributed by atoms with Crippen molar-refractivity contribution in [2.75, 3.05) is 13.7 Å². The number of halogens is 1. The van der Waals surface area contributed by atoms with Gasteiger partial charge in [-0.1, -0.05) is 80.7 Å². The van der Waals surface area contributed by atoms with Crippen molar-refractivity contribution in [1.29, 1.82) is 0 Å². The van der Waals surface area contributed by atoms with Crippen LogP contribution in [0.5, 0.6) is 5.75 Å². The van der Waals surface area contributed by atoms with Gasteiger partial charge < -0.3 is 9.84 Å². The Morgan fingerprint density at radius 1 is 1.05 bits per heavy atom. The SMILES string of the molecule is COc1ccc(-c2nn(-c3ccccc3)cc2C=C2SC(=S)N(CCCCCCCCCCC(=O)O)C2=O)cc1Br. The highest BCUT2D eigenvalue weighted by Gasteiger charge is 2.32. The van der Waals surface area contributed by atoms with Gasteiger partial charge in [-0.25, -0.2) is 4.68 Å². The van der Waals surface area contributed by atoms with E-state index in [9.17, 15) is 9.59 Å². The maximum Gasteiger partial charge on any atom is 0.303 e. The summed E-state index contributed by atoms with van der Waals surface area (Å²) in [7, 11) is 1.63. The number of aromatic nitrogens is 2. The van der Waals surface area contributed by atoms with Crippen molar-refractivity contribution >= 4 is 62.2 Å². The molecule has 0 bridgehead atoms. The Morgan fingerprint density at radius 2 is 1.73 bits per heavy atom. The average molecular weight is 657 g/mol. The van der Waals surface area contributed by atoms with Gasteiger partial charge in [0.25, 0.3) is 5.91 Å². The predicted molar refractivity (Wildman–Crippen MR) is 172 cm³/mol. The molecule has 1 amide bonds. The van der Waals surface area contributed by atoms with E-state index in [1.807, 2.05) is 65.5 Å². The summed E-state index contributed by atoms with van der Waals surface area (Å²) in [6.07, 6.45) is 12.2. The van der Waals surface area contributed by atoms with Gasteiger partial charge in [-0.2, -0.15) is 5.10 Å². The van der Waals surface area contributed by atoms with Crippen LogP contribution in [0.4, 0.5) is 0 Å².